The van der Waals surface area contributed by atoms with Crippen LogP contribution >= 0.6 is 22.9 Å². The van der Waals surface area contributed by atoms with E-state index in [1.807, 2.05) is 37.3 Å². The highest BCUT2D eigenvalue weighted by Gasteiger charge is 2.22. The molecule has 1 unspecified atom stereocenters. The van der Waals surface area contributed by atoms with Gasteiger partial charge in [-0.25, -0.2) is 18.1 Å². The lowest BCUT2D eigenvalue weighted by Crippen LogP contribution is -2.27. The number of halogens is 1. The van der Waals surface area contributed by atoms with Crippen molar-refractivity contribution in [1.29, 1.82) is 0 Å². The predicted molar refractivity (Wildman–Crippen MR) is 76.9 cm³/mol. The van der Waals surface area contributed by atoms with Crippen LogP contribution in [0.1, 0.15) is 24.9 Å². The van der Waals surface area contributed by atoms with Crippen molar-refractivity contribution in [3.05, 3.63) is 46.6 Å². The molecule has 0 radical (unpaired) electrons. The molecule has 7 heteroatoms. The molecule has 0 aliphatic rings. The molecule has 0 spiro atoms. The fourth-order valence-corrected chi connectivity index (χ4v) is 4.30. The second kappa shape index (κ2) is 6.00. The maximum absolute atomic E-state index is 12.2. The van der Waals surface area contributed by atoms with E-state index in [1.54, 1.807) is 0 Å². The summed E-state index contributed by atoms with van der Waals surface area (Å²) in [6.07, 6.45) is 1.93. The van der Waals surface area contributed by atoms with Gasteiger partial charge in [0.05, 0.1) is 6.20 Å². The number of benzene rings is 1. The highest BCUT2D eigenvalue weighted by molar-refractivity contribution is 7.91. The molecule has 1 atom stereocenters. The number of thiazole rings is 1. The van der Waals surface area contributed by atoms with Crippen LogP contribution in [-0.2, 0) is 10.0 Å². The SMILES string of the molecule is CCC(NS(=O)(=O)c1cnc(Cl)s1)c1ccccc1. The van der Waals surface area contributed by atoms with E-state index in [2.05, 4.69) is 9.71 Å². The van der Waals surface area contributed by atoms with Crippen LogP contribution in [0, 0.1) is 0 Å². The van der Waals surface area contributed by atoms with Crippen LogP contribution in [0.15, 0.2) is 40.7 Å². The van der Waals surface area contributed by atoms with Crippen molar-refractivity contribution in [1.82, 2.24) is 9.71 Å². The number of rotatable bonds is 5. The minimum atomic E-state index is -3.58. The first-order chi connectivity index (χ1) is 9.03. The van der Waals surface area contributed by atoms with Gasteiger partial charge in [-0.15, -0.1) is 0 Å². The van der Waals surface area contributed by atoms with Crippen LogP contribution in [0.4, 0.5) is 0 Å². The van der Waals surface area contributed by atoms with E-state index in [0.29, 0.717) is 6.42 Å². The lowest BCUT2D eigenvalue weighted by molar-refractivity contribution is 0.552. The summed E-state index contributed by atoms with van der Waals surface area (Å²) in [5.74, 6) is 0. The Bertz CT molecular complexity index is 641. The molecular weight excluding hydrogens is 304 g/mol. The molecule has 102 valence electrons. The molecule has 0 amide bonds. The van der Waals surface area contributed by atoms with Crippen molar-refractivity contribution >= 4 is 33.0 Å². The molecule has 0 aliphatic carbocycles. The highest BCUT2D eigenvalue weighted by atomic mass is 35.5. The Kier molecular flexibility index (Phi) is 4.57. The molecule has 1 aromatic heterocycles. The standard InChI is InChI=1S/C12H13ClN2O2S2/c1-2-10(9-6-4-3-5-7-9)15-19(16,17)11-8-14-12(13)18-11/h3-8,10,15H,2H2,1H3. The van der Waals surface area contributed by atoms with Crippen LogP contribution in [0.5, 0.6) is 0 Å². The second-order valence-corrected chi connectivity index (χ2v) is 7.48. The molecule has 2 rings (SSSR count). The van der Waals surface area contributed by atoms with Gasteiger partial charge in [0.1, 0.15) is 0 Å². The quantitative estimate of drug-likeness (QED) is 0.921. The Morgan fingerprint density at radius 2 is 2.05 bits per heavy atom. The maximum atomic E-state index is 12.2. The molecule has 1 heterocycles. The number of hydrogen-bond donors (Lipinski definition) is 1. The van der Waals surface area contributed by atoms with E-state index in [9.17, 15) is 8.42 Å². The summed E-state index contributed by atoms with van der Waals surface area (Å²) >= 11 is 6.62. The van der Waals surface area contributed by atoms with E-state index in [1.165, 1.54) is 6.20 Å². The molecule has 4 nitrogen and oxygen atoms in total. The number of hydrogen-bond acceptors (Lipinski definition) is 4. The van der Waals surface area contributed by atoms with Crippen LogP contribution < -0.4 is 4.72 Å². The van der Waals surface area contributed by atoms with E-state index < -0.39 is 10.0 Å². The summed E-state index contributed by atoms with van der Waals surface area (Å²) in [5.41, 5.74) is 0.934. The molecule has 0 saturated heterocycles. The van der Waals surface area contributed by atoms with Crippen molar-refractivity contribution in [2.75, 3.05) is 0 Å². The first kappa shape index (κ1) is 14.5. The number of aromatic nitrogens is 1. The molecule has 1 N–H and O–H groups in total. The van der Waals surface area contributed by atoms with Gasteiger partial charge in [-0.2, -0.15) is 0 Å². The molecule has 0 bridgehead atoms. The summed E-state index contributed by atoms with van der Waals surface area (Å²) in [7, 11) is -3.58. The minimum Gasteiger partial charge on any atom is -0.232 e. The fourth-order valence-electron chi connectivity index (χ4n) is 1.68. The summed E-state index contributed by atoms with van der Waals surface area (Å²) in [5, 5.41) is 0. The number of sulfonamides is 1. The van der Waals surface area contributed by atoms with Gasteiger partial charge in [-0.1, -0.05) is 60.2 Å². The second-order valence-electron chi connectivity index (χ2n) is 3.93. The van der Waals surface area contributed by atoms with Gasteiger partial charge in [0, 0.05) is 6.04 Å². The van der Waals surface area contributed by atoms with Crippen LogP contribution in [0.3, 0.4) is 0 Å². The third kappa shape index (κ3) is 3.54. The molecule has 0 saturated carbocycles. The Balaban J connectivity index is 2.23. The zero-order chi connectivity index (χ0) is 13.9. The molecule has 0 aliphatic heterocycles. The molecule has 1 aromatic carbocycles. The third-order valence-corrected chi connectivity index (χ3v) is 5.68. The van der Waals surface area contributed by atoms with Crippen LogP contribution in [-0.4, -0.2) is 13.4 Å². The van der Waals surface area contributed by atoms with Gasteiger partial charge in [0.2, 0.25) is 0 Å². The Hall–Kier alpha value is -0.950. The Morgan fingerprint density at radius 1 is 1.37 bits per heavy atom. The highest BCUT2D eigenvalue weighted by Crippen LogP contribution is 2.25. The van der Waals surface area contributed by atoms with E-state index in [0.717, 1.165) is 16.9 Å². The number of nitrogens with one attached hydrogen (secondary N) is 1. The third-order valence-electron chi connectivity index (χ3n) is 2.63. The first-order valence-corrected chi connectivity index (χ1v) is 8.39. The topological polar surface area (TPSA) is 59.1 Å². The first-order valence-electron chi connectivity index (χ1n) is 5.71. The Morgan fingerprint density at radius 3 is 2.58 bits per heavy atom. The zero-order valence-electron chi connectivity index (χ0n) is 10.2. The smallest absolute Gasteiger partial charge is 0.232 e. The largest absolute Gasteiger partial charge is 0.252 e. The zero-order valence-corrected chi connectivity index (χ0v) is 12.6. The average molecular weight is 317 g/mol. The molecule has 19 heavy (non-hydrogen) atoms. The lowest BCUT2D eigenvalue weighted by Gasteiger charge is -2.16. The maximum Gasteiger partial charge on any atom is 0.252 e. The van der Waals surface area contributed by atoms with E-state index in [4.69, 9.17) is 11.6 Å². The monoisotopic (exact) mass is 316 g/mol. The normalized spacial score (nSPS) is 13.4. The van der Waals surface area contributed by atoms with Gasteiger partial charge in [0.25, 0.3) is 10.0 Å². The van der Waals surface area contributed by atoms with Crippen molar-refractivity contribution in [2.45, 2.75) is 23.6 Å². The van der Waals surface area contributed by atoms with Gasteiger partial charge in [-0.05, 0) is 12.0 Å². The van der Waals surface area contributed by atoms with Crippen LogP contribution in [0.2, 0.25) is 4.47 Å². The summed E-state index contributed by atoms with van der Waals surface area (Å²) in [6.45, 7) is 1.93. The minimum absolute atomic E-state index is 0.131. The van der Waals surface area contributed by atoms with E-state index in [-0.39, 0.29) is 14.7 Å². The van der Waals surface area contributed by atoms with Crippen molar-refractivity contribution in [2.24, 2.45) is 0 Å². The van der Waals surface area contributed by atoms with E-state index >= 15 is 0 Å². The number of nitrogens with zero attached hydrogens (tertiary/aromatic N) is 1. The Labute approximate surface area is 121 Å². The van der Waals surface area contributed by atoms with Crippen molar-refractivity contribution in [3.8, 4) is 0 Å². The van der Waals surface area contributed by atoms with Gasteiger partial charge in [-0.3, -0.25) is 0 Å². The summed E-state index contributed by atoms with van der Waals surface area (Å²) in [4.78, 5) is 3.75. The molecule has 2 aromatic rings. The van der Waals surface area contributed by atoms with Crippen molar-refractivity contribution in [3.63, 3.8) is 0 Å². The molecular formula is C12H13ClN2O2S2. The van der Waals surface area contributed by atoms with Gasteiger partial charge < -0.3 is 0 Å². The summed E-state index contributed by atoms with van der Waals surface area (Å²) < 4.78 is 27.4. The van der Waals surface area contributed by atoms with Crippen molar-refractivity contribution < 1.29 is 8.42 Å². The van der Waals surface area contributed by atoms with Gasteiger partial charge in [0.15, 0.2) is 8.68 Å². The fraction of sp³-hybridized carbons (Fsp3) is 0.250. The van der Waals surface area contributed by atoms with Crippen LogP contribution in [0.25, 0.3) is 0 Å². The van der Waals surface area contributed by atoms with Gasteiger partial charge >= 0.3 is 0 Å². The lowest BCUT2D eigenvalue weighted by atomic mass is 10.1. The summed E-state index contributed by atoms with van der Waals surface area (Å²) in [6, 6.07) is 9.21. The predicted octanol–water partition coefficient (Wildman–Crippen LogP) is 3.23. The molecule has 0 fully saturated rings. The average Bonchev–Trinajstić information content (AvgIpc) is 2.85.